The van der Waals surface area contributed by atoms with Crippen molar-refractivity contribution in [3.8, 4) is 5.75 Å². The minimum atomic E-state index is -0.496. The Balaban J connectivity index is 1.62. The van der Waals surface area contributed by atoms with Gasteiger partial charge in [0.15, 0.2) is 0 Å². The molecule has 0 radical (unpaired) electrons. The molecular formula is C17H17FN2O2. The second kappa shape index (κ2) is 6.15. The van der Waals surface area contributed by atoms with Gasteiger partial charge in [0.05, 0.1) is 7.11 Å². The van der Waals surface area contributed by atoms with Crippen molar-refractivity contribution in [3.05, 3.63) is 59.4 Å². The lowest BCUT2D eigenvalue weighted by molar-refractivity contribution is -0.117. The summed E-state index contributed by atoms with van der Waals surface area (Å²) in [4.78, 5) is 12.0. The summed E-state index contributed by atoms with van der Waals surface area (Å²) in [6.45, 7) is 0.625. The molecule has 0 fully saturated rings. The fourth-order valence-electron chi connectivity index (χ4n) is 2.59. The fraction of sp³-hybridized carbons (Fsp3) is 0.235. The fourth-order valence-corrected chi connectivity index (χ4v) is 2.59. The van der Waals surface area contributed by atoms with Gasteiger partial charge in [0.25, 0.3) is 0 Å². The van der Waals surface area contributed by atoms with E-state index in [1.165, 1.54) is 12.1 Å². The molecule has 0 saturated carbocycles. The van der Waals surface area contributed by atoms with Crippen molar-refractivity contribution >= 4 is 11.6 Å². The first-order chi connectivity index (χ1) is 10.7. The number of methoxy groups -OCH3 is 1. The molecule has 114 valence electrons. The maximum absolute atomic E-state index is 13.3. The molecule has 1 heterocycles. The van der Waals surface area contributed by atoms with Gasteiger partial charge in [0.1, 0.15) is 17.6 Å². The van der Waals surface area contributed by atoms with Crippen LogP contribution in [0.2, 0.25) is 0 Å². The maximum Gasteiger partial charge on any atom is 0.246 e. The second-order valence-electron chi connectivity index (χ2n) is 5.21. The molecule has 0 aliphatic carbocycles. The smallest absolute Gasteiger partial charge is 0.246 e. The Morgan fingerprint density at radius 3 is 2.73 bits per heavy atom. The lowest BCUT2D eigenvalue weighted by Gasteiger charge is -2.11. The number of hydrogen-bond acceptors (Lipinski definition) is 3. The van der Waals surface area contributed by atoms with Crippen molar-refractivity contribution in [2.45, 2.75) is 12.5 Å². The van der Waals surface area contributed by atoms with E-state index in [1.807, 2.05) is 24.3 Å². The zero-order valence-electron chi connectivity index (χ0n) is 12.2. The number of benzene rings is 2. The van der Waals surface area contributed by atoms with Crippen molar-refractivity contribution in [3.63, 3.8) is 0 Å². The molecule has 22 heavy (non-hydrogen) atoms. The Labute approximate surface area is 128 Å². The second-order valence-corrected chi connectivity index (χ2v) is 5.21. The van der Waals surface area contributed by atoms with Crippen LogP contribution in [0.4, 0.5) is 10.1 Å². The lowest BCUT2D eigenvalue weighted by Crippen LogP contribution is -2.29. The molecule has 2 aromatic carbocycles. The molecule has 3 rings (SSSR count). The minimum Gasteiger partial charge on any atom is -0.497 e. The van der Waals surface area contributed by atoms with E-state index in [9.17, 15) is 9.18 Å². The monoisotopic (exact) mass is 300 g/mol. The first-order valence-corrected chi connectivity index (χ1v) is 7.14. The van der Waals surface area contributed by atoms with E-state index < -0.39 is 6.04 Å². The van der Waals surface area contributed by atoms with Gasteiger partial charge in [-0.05, 0) is 42.3 Å². The predicted octanol–water partition coefficient (Wildman–Crippen LogP) is 2.66. The van der Waals surface area contributed by atoms with Gasteiger partial charge in [0, 0.05) is 17.8 Å². The Morgan fingerprint density at radius 1 is 1.23 bits per heavy atom. The average Bonchev–Trinajstić information content (AvgIpc) is 2.83. The maximum atomic E-state index is 13.3. The predicted molar refractivity (Wildman–Crippen MR) is 82.5 cm³/mol. The van der Waals surface area contributed by atoms with Crippen LogP contribution in [-0.4, -0.2) is 19.6 Å². The highest BCUT2D eigenvalue weighted by atomic mass is 19.1. The molecule has 2 aromatic rings. The van der Waals surface area contributed by atoms with Gasteiger partial charge in [-0.2, -0.15) is 0 Å². The number of ether oxygens (including phenoxy) is 1. The molecule has 0 bridgehead atoms. The van der Waals surface area contributed by atoms with Gasteiger partial charge in [-0.15, -0.1) is 0 Å². The zero-order valence-corrected chi connectivity index (χ0v) is 12.2. The summed E-state index contributed by atoms with van der Waals surface area (Å²) in [5, 5.41) is 5.94. The van der Waals surface area contributed by atoms with Crippen molar-refractivity contribution in [2.75, 3.05) is 19.0 Å². The molecule has 5 heteroatoms. The lowest BCUT2D eigenvalue weighted by atomic mass is 10.1. The first-order valence-electron chi connectivity index (χ1n) is 7.14. The van der Waals surface area contributed by atoms with Crippen LogP contribution in [0.3, 0.4) is 0 Å². The molecular weight excluding hydrogens is 283 g/mol. The topological polar surface area (TPSA) is 50.4 Å². The molecule has 1 aliphatic heterocycles. The van der Waals surface area contributed by atoms with Gasteiger partial charge in [0.2, 0.25) is 5.91 Å². The third-order valence-electron chi connectivity index (χ3n) is 3.77. The highest BCUT2D eigenvalue weighted by molar-refractivity contribution is 6.02. The van der Waals surface area contributed by atoms with E-state index in [1.54, 1.807) is 13.2 Å². The summed E-state index contributed by atoms with van der Waals surface area (Å²) >= 11 is 0. The molecule has 1 unspecified atom stereocenters. The van der Waals surface area contributed by atoms with Crippen molar-refractivity contribution in [2.24, 2.45) is 0 Å². The third-order valence-corrected chi connectivity index (χ3v) is 3.77. The van der Waals surface area contributed by atoms with Crippen molar-refractivity contribution in [1.82, 2.24) is 5.32 Å². The Hall–Kier alpha value is -2.40. The zero-order chi connectivity index (χ0) is 15.5. The number of halogens is 1. The molecule has 1 atom stereocenters. The summed E-state index contributed by atoms with van der Waals surface area (Å²) in [7, 11) is 1.63. The van der Waals surface area contributed by atoms with Crippen LogP contribution in [0.1, 0.15) is 17.2 Å². The molecule has 1 aliphatic rings. The number of nitrogens with one attached hydrogen (secondary N) is 2. The number of amides is 1. The van der Waals surface area contributed by atoms with Gasteiger partial charge >= 0.3 is 0 Å². The van der Waals surface area contributed by atoms with Crippen LogP contribution >= 0.6 is 0 Å². The molecule has 4 nitrogen and oxygen atoms in total. The first kappa shape index (κ1) is 14.5. The van der Waals surface area contributed by atoms with Crippen LogP contribution in [0, 0.1) is 5.82 Å². The van der Waals surface area contributed by atoms with E-state index >= 15 is 0 Å². The van der Waals surface area contributed by atoms with Crippen LogP contribution < -0.4 is 15.4 Å². The average molecular weight is 300 g/mol. The van der Waals surface area contributed by atoms with E-state index in [0.717, 1.165) is 17.7 Å². The molecule has 0 saturated heterocycles. The Kier molecular flexibility index (Phi) is 4.06. The highest BCUT2D eigenvalue weighted by Crippen LogP contribution is 2.31. The number of hydrogen-bond donors (Lipinski definition) is 2. The van der Waals surface area contributed by atoms with Crippen LogP contribution in [0.5, 0.6) is 5.75 Å². The Bertz CT molecular complexity index is 686. The summed E-state index contributed by atoms with van der Waals surface area (Å²) in [5.41, 5.74) is 2.49. The SMILES string of the molecule is COc1ccc(CCNC2C(=O)Nc3ccc(F)cc32)cc1. The standard InChI is InChI=1S/C17H17FN2O2/c1-22-13-5-2-11(3-6-13)8-9-19-16-14-10-12(18)4-7-15(14)20-17(16)21/h2-7,10,16,19H,8-9H2,1H3,(H,20,21). The van der Waals surface area contributed by atoms with Gasteiger partial charge in [-0.3, -0.25) is 4.79 Å². The Morgan fingerprint density at radius 2 is 2.00 bits per heavy atom. The third kappa shape index (κ3) is 2.94. The molecule has 0 spiro atoms. The van der Waals surface area contributed by atoms with Crippen LogP contribution in [-0.2, 0) is 11.2 Å². The summed E-state index contributed by atoms with van der Waals surface area (Å²) in [6, 6.07) is 11.6. The summed E-state index contributed by atoms with van der Waals surface area (Å²) < 4.78 is 18.5. The number of rotatable bonds is 5. The quantitative estimate of drug-likeness (QED) is 0.892. The number of anilines is 1. The highest BCUT2D eigenvalue weighted by Gasteiger charge is 2.30. The van der Waals surface area contributed by atoms with Gasteiger partial charge in [-0.25, -0.2) is 4.39 Å². The van der Waals surface area contributed by atoms with E-state index in [2.05, 4.69) is 10.6 Å². The van der Waals surface area contributed by atoms with Crippen LogP contribution in [0.15, 0.2) is 42.5 Å². The van der Waals surface area contributed by atoms with E-state index in [0.29, 0.717) is 17.8 Å². The molecule has 2 N–H and O–H groups in total. The van der Waals surface area contributed by atoms with E-state index in [-0.39, 0.29) is 11.7 Å². The normalized spacial score (nSPS) is 16.3. The number of fused-ring (bicyclic) bond motifs is 1. The largest absolute Gasteiger partial charge is 0.497 e. The van der Waals surface area contributed by atoms with Crippen molar-refractivity contribution in [1.29, 1.82) is 0 Å². The van der Waals surface area contributed by atoms with Crippen molar-refractivity contribution < 1.29 is 13.9 Å². The van der Waals surface area contributed by atoms with E-state index in [4.69, 9.17) is 4.74 Å². The minimum absolute atomic E-state index is 0.143. The van der Waals surface area contributed by atoms with Crippen LogP contribution in [0.25, 0.3) is 0 Å². The molecule has 0 aromatic heterocycles. The molecule has 1 amide bonds. The van der Waals surface area contributed by atoms with Gasteiger partial charge < -0.3 is 15.4 Å². The summed E-state index contributed by atoms with van der Waals surface area (Å²) in [6.07, 6.45) is 0.776. The summed E-state index contributed by atoms with van der Waals surface area (Å²) in [5.74, 6) is 0.337. The number of carbonyl (C=O) groups is 1. The van der Waals surface area contributed by atoms with Gasteiger partial charge in [-0.1, -0.05) is 12.1 Å². The number of carbonyl (C=O) groups excluding carboxylic acids is 1.